The van der Waals surface area contributed by atoms with E-state index < -0.39 is 0 Å². The number of halogens is 1. The Kier molecular flexibility index (Phi) is 7.74. The van der Waals surface area contributed by atoms with Crippen LogP contribution in [0.1, 0.15) is 19.8 Å². The average molecular weight is 237 g/mol. The summed E-state index contributed by atoms with van der Waals surface area (Å²) in [6.07, 6.45) is 1.43. The van der Waals surface area contributed by atoms with Gasteiger partial charge < -0.3 is 15.0 Å². The van der Waals surface area contributed by atoms with Crippen LogP contribution >= 0.6 is 12.4 Å². The van der Waals surface area contributed by atoms with Crippen LogP contribution < -0.4 is 5.32 Å². The minimum atomic E-state index is 0. The van der Waals surface area contributed by atoms with Crippen LogP contribution in [0.3, 0.4) is 0 Å². The molecule has 4 nitrogen and oxygen atoms in total. The lowest BCUT2D eigenvalue weighted by atomic mass is 10.2. The summed E-state index contributed by atoms with van der Waals surface area (Å²) in [5.74, 6) is 0.260. The fourth-order valence-corrected chi connectivity index (χ4v) is 1.72. The number of hydrogen-bond acceptors (Lipinski definition) is 3. The van der Waals surface area contributed by atoms with Gasteiger partial charge in [0.1, 0.15) is 0 Å². The normalized spacial score (nSPS) is 20.9. The third-order valence-corrected chi connectivity index (χ3v) is 2.56. The maximum atomic E-state index is 11.7. The molecular formula is C10H21ClN2O2. The van der Waals surface area contributed by atoms with Gasteiger partial charge in [0.2, 0.25) is 5.91 Å². The molecule has 0 aromatic heterocycles. The van der Waals surface area contributed by atoms with Crippen LogP contribution in [0.15, 0.2) is 0 Å². The molecule has 0 spiro atoms. The Balaban J connectivity index is 0.00000196. The highest BCUT2D eigenvalue weighted by Crippen LogP contribution is 2.06. The molecule has 1 rings (SSSR count). The maximum absolute atomic E-state index is 11.7. The zero-order chi connectivity index (χ0) is 10.4. The predicted molar refractivity (Wildman–Crippen MR) is 62.4 cm³/mol. The van der Waals surface area contributed by atoms with E-state index in [9.17, 15) is 4.79 Å². The highest BCUT2D eigenvalue weighted by molar-refractivity contribution is 5.85. The highest BCUT2D eigenvalue weighted by Gasteiger charge is 2.21. The van der Waals surface area contributed by atoms with Crippen molar-refractivity contribution in [3.05, 3.63) is 0 Å². The standard InChI is InChI=1S/C10H20N2O2.ClH/c1-9-8-11-5-6-12(9)10(13)4-3-7-14-2;/h9,11H,3-8H2,1-2H3;1H. The van der Waals surface area contributed by atoms with E-state index in [-0.39, 0.29) is 18.3 Å². The number of carbonyl (C=O) groups is 1. The van der Waals surface area contributed by atoms with Gasteiger partial charge in [-0.15, -0.1) is 12.4 Å². The molecule has 1 amide bonds. The summed E-state index contributed by atoms with van der Waals surface area (Å²) in [6, 6.07) is 0.332. The Labute approximate surface area is 97.8 Å². The summed E-state index contributed by atoms with van der Waals surface area (Å²) >= 11 is 0. The molecule has 5 heteroatoms. The second kappa shape index (κ2) is 7.91. The first-order valence-corrected chi connectivity index (χ1v) is 5.25. The third-order valence-electron chi connectivity index (χ3n) is 2.56. The lowest BCUT2D eigenvalue weighted by Gasteiger charge is -2.34. The van der Waals surface area contributed by atoms with Gasteiger partial charge in [-0.25, -0.2) is 0 Å². The van der Waals surface area contributed by atoms with Gasteiger partial charge in [-0.3, -0.25) is 4.79 Å². The first-order valence-electron chi connectivity index (χ1n) is 5.25. The fourth-order valence-electron chi connectivity index (χ4n) is 1.72. The number of nitrogens with zero attached hydrogens (tertiary/aromatic N) is 1. The Hall–Kier alpha value is -0.320. The van der Waals surface area contributed by atoms with E-state index in [1.54, 1.807) is 7.11 Å². The minimum absolute atomic E-state index is 0. The average Bonchev–Trinajstić information content (AvgIpc) is 2.18. The van der Waals surface area contributed by atoms with Crippen molar-refractivity contribution >= 4 is 18.3 Å². The molecule has 1 N–H and O–H groups in total. The Morgan fingerprint density at radius 3 is 2.93 bits per heavy atom. The molecule has 0 aromatic carbocycles. The quantitative estimate of drug-likeness (QED) is 0.729. The summed E-state index contributed by atoms with van der Waals surface area (Å²) in [5.41, 5.74) is 0. The Morgan fingerprint density at radius 2 is 2.33 bits per heavy atom. The first-order chi connectivity index (χ1) is 6.75. The molecule has 0 bridgehead atoms. The van der Waals surface area contributed by atoms with E-state index in [0.717, 1.165) is 26.1 Å². The van der Waals surface area contributed by atoms with E-state index in [1.807, 2.05) is 4.90 Å². The molecule has 90 valence electrons. The van der Waals surface area contributed by atoms with Gasteiger partial charge in [-0.2, -0.15) is 0 Å². The molecule has 1 unspecified atom stereocenters. The number of ether oxygens (including phenoxy) is 1. The zero-order valence-electron chi connectivity index (χ0n) is 9.49. The van der Waals surface area contributed by atoms with Gasteiger partial charge >= 0.3 is 0 Å². The monoisotopic (exact) mass is 236 g/mol. The summed E-state index contributed by atoms with van der Waals surface area (Å²) in [5, 5.41) is 3.27. The highest BCUT2D eigenvalue weighted by atomic mass is 35.5. The van der Waals surface area contributed by atoms with Gasteiger partial charge in [-0.1, -0.05) is 0 Å². The molecule has 0 aliphatic carbocycles. The van der Waals surface area contributed by atoms with Crippen molar-refractivity contribution in [1.29, 1.82) is 0 Å². The molecule has 1 atom stereocenters. The Bertz CT molecular complexity index is 190. The van der Waals surface area contributed by atoms with Crippen LogP contribution in [0.4, 0.5) is 0 Å². The number of rotatable bonds is 4. The van der Waals surface area contributed by atoms with Crippen LogP contribution in [0.2, 0.25) is 0 Å². The van der Waals surface area contributed by atoms with Crippen molar-refractivity contribution in [2.45, 2.75) is 25.8 Å². The van der Waals surface area contributed by atoms with E-state index in [0.29, 0.717) is 19.1 Å². The van der Waals surface area contributed by atoms with Gasteiger partial charge in [0.15, 0.2) is 0 Å². The summed E-state index contributed by atoms with van der Waals surface area (Å²) in [4.78, 5) is 13.7. The van der Waals surface area contributed by atoms with Gasteiger partial charge in [-0.05, 0) is 13.3 Å². The molecule has 1 fully saturated rings. The number of methoxy groups -OCH3 is 1. The van der Waals surface area contributed by atoms with E-state index in [2.05, 4.69) is 12.2 Å². The second-order valence-corrected chi connectivity index (χ2v) is 3.74. The van der Waals surface area contributed by atoms with Crippen molar-refractivity contribution in [2.75, 3.05) is 33.4 Å². The molecule has 0 saturated carbocycles. The molecule has 1 saturated heterocycles. The smallest absolute Gasteiger partial charge is 0.222 e. The summed E-state index contributed by atoms with van der Waals surface area (Å²) < 4.78 is 4.92. The number of amides is 1. The van der Waals surface area contributed by atoms with Gasteiger partial charge in [0.05, 0.1) is 0 Å². The second-order valence-electron chi connectivity index (χ2n) is 3.74. The summed E-state index contributed by atoms with van der Waals surface area (Å²) in [7, 11) is 1.66. The summed E-state index contributed by atoms with van der Waals surface area (Å²) in [6.45, 7) is 5.43. The molecule has 1 heterocycles. The van der Waals surface area contributed by atoms with Crippen molar-refractivity contribution in [2.24, 2.45) is 0 Å². The van der Waals surface area contributed by atoms with Crippen LogP contribution in [0.25, 0.3) is 0 Å². The van der Waals surface area contributed by atoms with Crippen molar-refractivity contribution in [3.63, 3.8) is 0 Å². The van der Waals surface area contributed by atoms with Gasteiger partial charge in [0.25, 0.3) is 0 Å². The predicted octanol–water partition coefficient (Wildman–Crippen LogP) is 0.655. The maximum Gasteiger partial charge on any atom is 0.222 e. The zero-order valence-corrected chi connectivity index (χ0v) is 10.3. The van der Waals surface area contributed by atoms with Crippen LogP contribution in [-0.4, -0.2) is 50.2 Å². The largest absolute Gasteiger partial charge is 0.385 e. The van der Waals surface area contributed by atoms with E-state index in [4.69, 9.17) is 4.74 Å². The van der Waals surface area contributed by atoms with Crippen molar-refractivity contribution < 1.29 is 9.53 Å². The molecule has 15 heavy (non-hydrogen) atoms. The van der Waals surface area contributed by atoms with Crippen LogP contribution in [0.5, 0.6) is 0 Å². The molecule has 1 aliphatic rings. The fraction of sp³-hybridized carbons (Fsp3) is 0.900. The molecule has 0 aromatic rings. The third kappa shape index (κ3) is 4.82. The van der Waals surface area contributed by atoms with Crippen LogP contribution in [0, 0.1) is 0 Å². The van der Waals surface area contributed by atoms with E-state index >= 15 is 0 Å². The number of carbonyl (C=O) groups excluding carboxylic acids is 1. The van der Waals surface area contributed by atoms with Crippen molar-refractivity contribution in [1.82, 2.24) is 10.2 Å². The lowest BCUT2D eigenvalue weighted by molar-refractivity contribution is -0.134. The molecule has 1 aliphatic heterocycles. The van der Waals surface area contributed by atoms with Crippen molar-refractivity contribution in [3.8, 4) is 0 Å². The lowest BCUT2D eigenvalue weighted by Crippen LogP contribution is -2.52. The molecule has 0 radical (unpaired) electrons. The number of hydrogen-bond donors (Lipinski definition) is 1. The Morgan fingerprint density at radius 1 is 1.60 bits per heavy atom. The topological polar surface area (TPSA) is 41.6 Å². The number of piperazine rings is 1. The van der Waals surface area contributed by atoms with Crippen LogP contribution in [-0.2, 0) is 9.53 Å². The first kappa shape index (κ1) is 14.7. The van der Waals surface area contributed by atoms with E-state index in [1.165, 1.54) is 0 Å². The minimum Gasteiger partial charge on any atom is -0.385 e. The SMILES string of the molecule is COCCCC(=O)N1CCNCC1C.Cl. The number of nitrogens with one attached hydrogen (secondary N) is 1. The van der Waals surface area contributed by atoms with Gasteiger partial charge in [0, 0.05) is 45.8 Å². The molecular weight excluding hydrogens is 216 g/mol.